The normalized spacial score (nSPS) is 10.2. The maximum atomic E-state index is 12.2. The van der Waals surface area contributed by atoms with Crippen LogP contribution in [0.5, 0.6) is 0 Å². The Morgan fingerprint density at radius 2 is 1.86 bits per heavy atom. The largest absolute Gasteiger partial charge is 0.478 e. The number of hydrogen-bond donors (Lipinski definition) is 2. The third-order valence-corrected chi connectivity index (χ3v) is 3.53. The zero-order chi connectivity index (χ0) is 15.6. The van der Waals surface area contributed by atoms with E-state index in [1.165, 1.54) is 18.2 Å². The van der Waals surface area contributed by atoms with Gasteiger partial charge in [-0.2, -0.15) is 0 Å². The first kappa shape index (κ1) is 15.5. The Morgan fingerprint density at radius 1 is 1.14 bits per heavy atom. The standard InChI is InChI=1S/C15H11BrClNO3/c1-8-2-3-9(15(20)21)6-13(8)18-14(19)10-4-11(16)7-12(17)5-10/h2-7H,1H3,(H,18,19)(H,20,21). The van der Waals surface area contributed by atoms with E-state index in [0.29, 0.717) is 20.7 Å². The van der Waals surface area contributed by atoms with Crippen molar-refractivity contribution in [3.8, 4) is 0 Å². The molecule has 0 fully saturated rings. The lowest BCUT2D eigenvalue weighted by Gasteiger charge is -2.10. The molecular weight excluding hydrogens is 358 g/mol. The fraction of sp³-hybridized carbons (Fsp3) is 0.0667. The summed E-state index contributed by atoms with van der Waals surface area (Å²) in [6, 6.07) is 9.41. The Bertz CT molecular complexity index is 711. The highest BCUT2D eigenvalue weighted by Crippen LogP contribution is 2.22. The molecule has 1 amide bonds. The highest BCUT2D eigenvalue weighted by Gasteiger charge is 2.11. The van der Waals surface area contributed by atoms with Gasteiger partial charge in [0.1, 0.15) is 0 Å². The van der Waals surface area contributed by atoms with E-state index in [2.05, 4.69) is 21.2 Å². The molecule has 0 bridgehead atoms. The van der Waals surface area contributed by atoms with Crippen LogP contribution in [0.3, 0.4) is 0 Å². The molecule has 2 aromatic carbocycles. The fourth-order valence-corrected chi connectivity index (χ4v) is 2.63. The first-order valence-corrected chi connectivity index (χ1v) is 7.15. The van der Waals surface area contributed by atoms with Gasteiger partial charge in [0.15, 0.2) is 0 Å². The van der Waals surface area contributed by atoms with E-state index < -0.39 is 5.97 Å². The second-order valence-corrected chi connectivity index (χ2v) is 5.80. The summed E-state index contributed by atoms with van der Waals surface area (Å²) >= 11 is 9.18. The number of aryl methyl sites for hydroxylation is 1. The van der Waals surface area contributed by atoms with Gasteiger partial charge in [0.2, 0.25) is 0 Å². The van der Waals surface area contributed by atoms with Gasteiger partial charge in [-0.15, -0.1) is 0 Å². The highest BCUT2D eigenvalue weighted by atomic mass is 79.9. The van der Waals surface area contributed by atoms with Crippen LogP contribution in [-0.4, -0.2) is 17.0 Å². The van der Waals surface area contributed by atoms with Gasteiger partial charge in [-0.05, 0) is 42.8 Å². The molecular formula is C15H11BrClNO3. The van der Waals surface area contributed by atoms with E-state index in [1.54, 1.807) is 25.1 Å². The fourth-order valence-electron chi connectivity index (χ4n) is 1.77. The number of carboxylic acids is 1. The lowest BCUT2D eigenvalue weighted by atomic mass is 10.1. The second kappa shape index (κ2) is 6.28. The second-order valence-electron chi connectivity index (χ2n) is 4.45. The molecule has 0 aromatic heterocycles. The van der Waals surface area contributed by atoms with Crippen LogP contribution in [0.15, 0.2) is 40.9 Å². The summed E-state index contributed by atoms with van der Waals surface area (Å²) in [5, 5.41) is 12.1. The summed E-state index contributed by atoms with van der Waals surface area (Å²) in [5.74, 6) is -1.40. The van der Waals surface area contributed by atoms with E-state index in [4.69, 9.17) is 16.7 Å². The minimum absolute atomic E-state index is 0.114. The quantitative estimate of drug-likeness (QED) is 0.846. The molecule has 0 aliphatic carbocycles. The predicted molar refractivity (Wildman–Crippen MR) is 85.2 cm³/mol. The van der Waals surface area contributed by atoms with Crippen LogP contribution < -0.4 is 5.32 Å². The SMILES string of the molecule is Cc1ccc(C(=O)O)cc1NC(=O)c1cc(Cl)cc(Br)c1. The van der Waals surface area contributed by atoms with Crippen LogP contribution in [0.25, 0.3) is 0 Å². The van der Waals surface area contributed by atoms with E-state index in [0.717, 1.165) is 5.56 Å². The van der Waals surface area contributed by atoms with Gasteiger partial charge in [-0.3, -0.25) is 4.79 Å². The smallest absolute Gasteiger partial charge is 0.335 e. The maximum Gasteiger partial charge on any atom is 0.335 e. The third kappa shape index (κ3) is 3.83. The van der Waals surface area contributed by atoms with Crippen molar-refractivity contribution in [1.82, 2.24) is 0 Å². The zero-order valence-corrected chi connectivity index (χ0v) is 13.3. The van der Waals surface area contributed by atoms with Crippen molar-refractivity contribution in [1.29, 1.82) is 0 Å². The van der Waals surface area contributed by atoms with Crippen LogP contribution in [0.2, 0.25) is 5.02 Å². The van der Waals surface area contributed by atoms with Crippen LogP contribution in [-0.2, 0) is 0 Å². The molecule has 21 heavy (non-hydrogen) atoms. The summed E-state index contributed by atoms with van der Waals surface area (Å²) in [5.41, 5.74) is 1.73. The average Bonchev–Trinajstić information content (AvgIpc) is 2.39. The number of nitrogens with one attached hydrogen (secondary N) is 1. The summed E-state index contributed by atoms with van der Waals surface area (Å²) in [7, 11) is 0. The minimum atomic E-state index is -1.05. The topological polar surface area (TPSA) is 66.4 Å². The van der Waals surface area contributed by atoms with Gasteiger partial charge in [-0.25, -0.2) is 4.79 Å². The minimum Gasteiger partial charge on any atom is -0.478 e. The molecule has 0 aliphatic rings. The summed E-state index contributed by atoms with van der Waals surface area (Å²) in [4.78, 5) is 23.2. The van der Waals surface area contributed by atoms with Crippen LogP contribution in [0.1, 0.15) is 26.3 Å². The number of halogens is 2. The number of hydrogen-bond acceptors (Lipinski definition) is 2. The third-order valence-electron chi connectivity index (χ3n) is 2.86. The Kier molecular flexibility index (Phi) is 4.65. The Hall–Kier alpha value is -1.85. The molecule has 0 atom stereocenters. The maximum absolute atomic E-state index is 12.2. The average molecular weight is 369 g/mol. The van der Waals surface area contributed by atoms with Gasteiger partial charge < -0.3 is 10.4 Å². The van der Waals surface area contributed by atoms with E-state index in [9.17, 15) is 9.59 Å². The molecule has 0 saturated carbocycles. The van der Waals surface area contributed by atoms with Gasteiger partial charge in [0.05, 0.1) is 5.56 Å². The zero-order valence-electron chi connectivity index (χ0n) is 11.0. The Morgan fingerprint density at radius 3 is 2.48 bits per heavy atom. The van der Waals surface area contributed by atoms with Crippen molar-refractivity contribution in [2.45, 2.75) is 6.92 Å². The van der Waals surface area contributed by atoms with Crippen molar-refractivity contribution in [2.75, 3.05) is 5.32 Å². The highest BCUT2D eigenvalue weighted by molar-refractivity contribution is 9.10. The molecule has 2 rings (SSSR count). The molecule has 0 spiro atoms. The van der Waals surface area contributed by atoms with Crippen molar-refractivity contribution >= 4 is 45.1 Å². The van der Waals surface area contributed by atoms with E-state index in [-0.39, 0.29) is 11.5 Å². The number of benzene rings is 2. The number of anilines is 1. The monoisotopic (exact) mass is 367 g/mol. The van der Waals surface area contributed by atoms with E-state index >= 15 is 0 Å². The van der Waals surface area contributed by atoms with Gasteiger partial charge in [0, 0.05) is 20.7 Å². The first-order chi connectivity index (χ1) is 9.86. The van der Waals surface area contributed by atoms with Gasteiger partial charge in [0.25, 0.3) is 5.91 Å². The van der Waals surface area contributed by atoms with Crippen molar-refractivity contribution < 1.29 is 14.7 Å². The number of amides is 1. The molecule has 4 nitrogen and oxygen atoms in total. The molecule has 108 valence electrons. The van der Waals surface area contributed by atoms with Crippen LogP contribution in [0, 0.1) is 6.92 Å². The number of rotatable bonds is 3. The number of carbonyl (C=O) groups is 2. The van der Waals surface area contributed by atoms with Gasteiger partial charge in [-0.1, -0.05) is 33.6 Å². The Balaban J connectivity index is 2.31. The van der Waals surface area contributed by atoms with Crippen molar-refractivity contribution in [3.63, 3.8) is 0 Å². The number of carboxylic acid groups (broad SMARTS) is 1. The molecule has 0 saturated heterocycles. The molecule has 0 radical (unpaired) electrons. The molecule has 2 N–H and O–H groups in total. The van der Waals surface area contributed by atoms with Crippen LogP contribution >= 0.6 is 27.5 Å². The first-order valence-electron chi connectivity index (χ1n) is 5.98. The number of aromatic carboxylic acids is 1. The lowest BCUT2D eigenvalue weighted by molar-refractivity contribution is 0.0696. The Labute approximate surface area is 134 Å². The van der Waals surface area contributed by atoms with Crippen molar-refractivity contribution in [2.24, 2.45) is 0 Å². The lowest BCUT2D eigenvalue weighted by Crippen LogP contribution is -2.13. The molecule has 2 aromatic rings. The molecule has 0 heterocycles. The predicted octanol–water partition coefficient (Wildman–Crippen LogP) is 4.36. The van der Waals surface area contributed by atoms with Crippen molar-refractivity contribution in [3.05, 3.63) is 62.6 Å². The van der Waals surface area contributed by atoms with Crippen LogP contribution in [0.4, 0.5) is 5.69 Å². The van der Waals surface area contributed by atoms with Gasteiger partial charge >= 0.3 is 5.97 Å². The summed E-state index contributed by atoms with van der Waals surface area (Å²) in [6.45, 7) is 1.79. The molecule has 6 heteroatoms. The number of carbonyl (C=O) groups excluding carboxylic acids is 1. The molecule has 0 unspecified atom stereocenters. The molecule has 0 aliphatic heterocycles. The summed E-state index contributed by atoms with van der Waals surface area (Å²) < 4.78 is 0.691. The summed E-state index contributed by atoms with van der Waals surface area (Å²) in [6.07, 6.45) is 0. The van der Waals surface area contributed by atoms with E-state index in [1.807, 2.05) is 0 Å².